The molecule has 1 aromatic heterocycles. The Bertz CT molecular complexity index is 439. The van der Waals surface area contributed by atoms with Crippen LogP contribution in [0.25, 0.3) is 0 Å². The lowest BCUT2D eigenvalue weighted by atomic mass is 10.1. The number of rotatable bonds is 2. The maximum absolute atomic E-state index is 11.6. The molecule has 1 aliphatic heterocycles. The summed E-state index contributed by atoms with van der Waals surface area (Å²) in [6.45, 7) is 4.83. The highest BCUT2D eigenvalue weighted by Crippen LogP contribution is 2.29. The van der Waals surface area contributed by atoms with E-state index in [2.05, 4.69) is 29.8 Å². The van der Waals surface area contributed by atoms with E-state index in [0.29, 0.717) is 6.54 Å². The van der Waals surface area contributed by atoms with Crippen molar-refractivity contribution in [1.29, 1.82) is 0 Å². The van der Waals surface area contributed by atoms with Gasteiger partial charge in [-0.2, -0.15) is 0 Å². The molecule has 2 rings (SSSR count). The minimum Gasteiger partial charge on any atom is -0.370 e. The molecule has 4 heteroatoms. The van der Waals surface area contributed by atoms with Crippen LogP contribution in [0.2, 0.25) is 0 Å². The first kappa shape index (κ1) is 11.9. The van der Waals surface area contributed by atoms with Crippen LogP contribution >= 0.6 is 15.9 Å². The van der Waals surface area contributed by atoms with Gasteiger partial charge in [0, 0.05) is 16.7 Å². The van der Waals surface area contributed by atoms with E-state index >= 15 is 0 Å². The van der Waals surface area contributed by atoms with E-state index in [9.17, 15) is 4.79 Å². The van der Waals surface area contributed by atoms with Gasteiger partial charge in [-0.15, -0.1) is 0 Å². The van der Waals surface area contributed by atoms with Gasteiger partial charge in [-0.3, -0.25) is 4.79 Å². The number of hydrogen-bond donors (Lipinski definition) is 0. The Hall–Kier alpha value is -0.610. The molecule has 16 heavy (non-hydrogen) atoms. The monoisotopic (exact) mass is 285 g/mol. The van der Waals surface area contributed by atoms with Crippen molar-refractivity contribution in [3.05, 3.63) is 33.2 Å². The van der Waals surface area contributed by atoms with Crippen LogP contribution in [0.3, 0.4) is 0 Å². The zero-order chi connectivity index (χ0) is 11.8. The Morgan fingerprint density at radius 2 is 2.31 bits per heavy atom. The molecule has 0 radical (unpaired) electrons. The van der Waals surface area contributed by atoms with Crippen molar-refractivity contribution in [2.75, 3.05) is 0 Å². The van der Waals surface area contributed by atoms with Gasteiger partial charge in [0.05, 0.1) is 18.2 Å². The summed E-state index contributed by atoms with van der Waals surface area (Å²) in [5.41, 5.74) is -0.0168. The normalized spacial score (nSPS) is 23.6. The smallest absolute Gasteiger partial charge is 0.250 e. The number of aromatic nitrogens is 1. The van der Waals surface area contributed by atoms with E-state index in [-0.39, 0.29) is 17.3 Å². The van der Waals surface area contributed by atoms with Crippen molar-refractivity contribution in [2.45, 2.75) is 44.9 Å². The molecular formula is C12H16BrNO2. The Balaban J connectivity index is 2.10. The summed E-state index contributed by atoms with van der Waals surface area (Å²) in [5.74, 6) is 0. The molecule has 1 aromatic rings. The molecule has 0 bridgehead atoms. The third-order valence-corrected chi connectivity index (χ3v) is 3.37. The molecule has 0 spiro atoms. The molecule has 0 aliphatic carbocycles. The van der Waals surface area contributed by atoms with Crippen molar-refractivity contribution in [1.82, 2.24) is 4.57 Å². The summed E-state index contributed by atoms with van der Waals surface area (Å²) >= 11 is 3.37. The van der Waals surface area contributed by atoms with Crippen molar-refractivity contribution >= 4 is 15.9 Å². The summed E-state index contributed by atoms with van der Waals surface area (Å²) in [5, 5.41) is 0. The molecule has 3 nitrogen and oxygen atoms in total. The molecule has 1 aliphatic rings. The highest BCUT2D eigenvalue weighted by molar-refractivity contribution is 9.10. The molecule has 1 saturated heterocycles. The molecule has 1 atom stereocenters. The number of ether oxygens (including phenoxy) is 1. The van der Waals surface area contributed by atoms with Gasteiger partial charge in [-0.25, -0.2) is 0 Å². The zero-order valence-electron chi connectivity index (χ0n) is 9.57. The molecule has 0 aromatic carbocycles. The van der Waals surface area contributed by atoms with Gasteiger partial charge in [0.15, 0.2) is 0 Å². The molecular weight excluding hydrogens is 270 g/mol. The summed E-state index contributed by atoms with van der Waals surface area (Å²) in [4.78, 5) is 11.6. The minimum absolute atomic E-state index is 0.0245. The van der Waals surface area contributed by atoms with Gasteiger partial charge in [0.2, 0.25) is 0 Å². The fourth-order valence-corrected chi connectivity index (χ4v) is 2.45. The van der Waals surface area contributed by atoms with E-state index in [1.165, 1.54) is 0 Å². The number of hydrogen-bond acceptors (Lipinski definition) is 2. The van der Waals surface area contributed by atoms with E-state index in [0.717, 1.165) is 17.3 Å². The standard InChI is InChI=1S/C12H16BrNO2/c1-12(2)6-5-10(16-12)8-14-7-9(13)3-4-11(14)15/h3-4,7,10H,5-6,8H2,1-2H3. The average molecular weight is 286 g/mol. The quantitative estimate of drug-likeness (QED) is 0.836. The number of halogens is 1. The van der Waals surface area contributed by atoms with E-state index in [4.69, 9.17) is 4.74 Å². The van der Waals surface area contributed by atoms with Crippen LogP contribution in [0.15, 0.2) is 27.6 Å². The van der Waals surface area contributed by atoms with Crippen molar-refractivity contribution < 1.29 is 4.74 Å². The van der Waals surface area contributed by atoms with Gasteiger partial charge in [-0.05, 0) is 48.7 Å². The summed E-state index contributed by atoms with van der Waals surface area (Å²) in [6.07, 6.45) is 4.05. The van der Waals surface area contributed by atoms with Gasteiger partial charge in [0.1, 0.15) is 0 Å². The largest absolute Gasteiger partial charge is 0.370 e. The van der Waals surface area contributed by atoms with Gasteiger partial charge >= 0.3 is 0 Å². The fourth-order valence-electron chi connectivity index (χ4n) is 2.07. The molecule has 1 fully saturated rings. The Morgan fingerprint density at radius 1 is 1.56 bits per heavy atom. The zero-order valence-corrected chi connectivity index (χ0v) is 11.2. The van der Waals surface area contributed by atoms with Gasteiger partial charge in [0.25, 0.3) is 5.56 Å². The lowest BCUT2D eigenvalue weighted by Crippen LogP contribution is -2.27. The lowest BCUT2D eigenvalue weighted by Gasteiger charge is -2.19. The molecule has 0 amide bonds. The van der Waals surface area contributed by atoms with Crippen LogP contribution in [-0.2, 0) is 11.3 Å². The second-order valence-electron chi connectivity index (χ2n) is 4.88. The minimum atomic E-state index is -0.0414. The third-order valence-electron chi connectivity index (χ3n) is 2.90. The van der Waals surface area contributed by atoms with Gasteiger partial charge < -0.3 is 9.30 Å². The van der Waals surface area contributed by atoms with Crippen LogP contribution in [0.4, 0.5) is 0 Å². The van der Waals surface area contributed by atoms with Crippen LogP contribution in [0, 0.1) is 0 Å². The van der Waals surface area contributed by atoms with Crippen LogP contribution in [0.5, 0.6) is 0 Å². The number of pyridine rings is 1. The second-order valence-corrected chi connectivity index (χ2v) is 5.79. The van der Waals surface area contributed by atoms with Crippen molar-refractivity contribution in [3.63, 3.8) is 0 Å². The maximum atomic E-state index is 11.6. The molecule has 2 heterocycles. The van der Waals surface area contributed by atoms with Crippen LogP contribution < -0.4 is 5.56 Å². The topological polar surface area (TPSA) is 31.2 Å². The molecule has 0 saturated carbocycles. The molecule has 0 N–H and O–H groups in total. The number of nitrogens with zero attached hydrogens (tertiary/aromatic N) is 1. The van der Waals surface area contributed by atoms with Crippen molar-refractivity contribution in [3.8, 4) is 0 Å². The Labute approximate surface area is 104 Å². The first-order valence-electron chi connectivity index (χ1n) is 5.50. The van der Waals surface area contributed by atoms with E-state index < -0.39 is 0 Å². The Morgan fingerprint density at radius 3 is 2.94 bits per heavy atom. The van der Waals surface area contributed by atoms with E-state index in [1.54, 1.807) is 16.7 Å². The van der Waals surface area contributed by atoms with Crippen molar-refractivity contribution in [2.24, 2.45) is 0 Å². The maximum Gasteiger partial charge on any atom is 0.250 e. The van der Waals surface area contributed by atoms with Crippen LogP contribution in [0.1, 0.15) is 26.7 Å². The fraction of sp³-hybridized carbons (Fsp3) is 0.583. The van der Waals surface area contributed by atoms with Gasteiger partial charge in [-0.1, -0.05) is 0 Å². The van der Waals surface area contributed by atoms with E-state index in [1.807, 2.05) is 6.20 Å². The first-order chi connectivity index (χ1) is 7.46. The average Bonchev–Trinajstić information content (AvgIpc) is 2.52. The first-order valence-corrected chi connectivity index (χ1v) is 6.29. The summed E-state index contributed by atoms with van der Waals surface area (Å²) < 4.78 is 8.50. The van der Waals surface area contributed by atoms with Crippen LogP contribution in [-0.4, -0.2) is 16.3 Å². The molecule has 88 valence electrons. The third kappa shape index (κ3) is 2.74. The molecule has 1 unspecified atom stereocenters. The second kappa shape index (κ2) is 4.34. The predicted octanol–water partition coefficient (Wildman–Crippen LogP) is 2.57. The lowest BCUT2D eigenvalue weighted by molar-refractivity contribution is -0.0220. The highest BCUT2D eigenvalue weighted by Gasteiger charge is 2.31. The highest BCUT2D eigenvalue weighted by atomic mass is 79.9. The predicted molar refractivity (Wildman–Crippen MR) is 66.6 cm³/mol. The SMILES string of the molecule is CC1(C)CCC(Cn2cc(Br)ccc2=O)O1. The Kier molecular flexibility index (Phi) is 3.22. The summed E-state index contributed by atoms with van der Waals surface area (Å²) in [6, 6.07) is 3.34. The summed E-state index contributed by atoms with van der Waals surface area (Å²) in [7, 11) is 0.